The molecule has 14 heavy (non-hydrogen) atoms. The SMILES string of the molecule is COc1c(C)ccc(F)c1CC(C)N. The first-order valence-corrected chi connectivity index (χ1v) is 4.63. The van der Waals surface area contributed by atoms with Crippen molar-refractivity contribution in [3.05, 3.63) is 29.1 Å². The average Bonchev–Trinajstić information content (AvgIpc) is 2.11. The third-order valence-corrected chi connectivity index (χ3v) is 2.13. The van der Waals surface area contributed by atoms with Gasteiger partial charge in [0.2, 0.25) is 0 Å². The van der Waals surface area contributed by atoms with Crippen LogP contribution in [-0.4, -0.2) is 13.2 Å². The summed E-state index contributed by atoms with van der Waals surface area (Å²) in [7, 11) is 1.55. The predicted molar refractivity (Wildman–Crippen MR) is 55.0 cm³/mol. The van der Waals surface area contributed by atoms with Crippen LogP contribution in [0.1, 0.15) is 18.1 Å². The van der Waals surface area contributed by atoms with Gasteiger partial charge in [0.05, 0.1) is 7.11 Å². The molecule has 1 atom stereocenters. The Morgan fingerprint density at radius 2 is 2.14 bits per heavy atom. The van der Waals surface area contributed by atoms with E-state index in [1.807, 2.05) is 13.8 Å². The summed E-state index contributed by atoms with van der Waals surface area (Å²) in [6, 6.07) is 3.09. The van der Waals surface area contributed by atoms with Gasteiger partial charge in [0.15, 0.2) is 0 Å². The first kappa shape index (κ1) is 11.0. The molecule has 0 fully saturated rings. The molecule has 3 heteroatoms. The van der Waals surface area contributed by atoms with Crippen molar-refractivity contribution < 1.29 is 9.13 Å². The molecule has 0 bridgehead atoms. The second-order valence-corrected chi connectivity index (χ2v) is 3.56. The molecule has 0 saturated heterocycles. The van der Waals surface area contributed by atoms with Gasteiger partial charge in [-0.1, -0.05) is 6.07 Å². The molecule has 2 N–H and O–H groups in total. The number of nitrogens with two attached hydrogens (primary N) is 1. The lowest BCUT2D eigenvalue weighted by Crippen LogP contribution is -2.19. The molecule has 1 aromatic rings. The van der Waals surface area contributed by atoms with E-state index in [0.717, 1.165) is 5.56 Å². The van der Waals surface area contributed by atoms with Crippen molar-refractivity contribution in [1.82, 2.24) is 0 Å². The van der Waals surface area contributed by atoms with Gasteiger partial charge in [0.1, 0.15) is 11.6 Å². The summed E-state index contributed by atoms with van der Waals surface area (Å²) in [6.45, 7) is 3.74. The Hall–Kier alpha value is -1.09. The Kier molecular flexibility index (Phi) is 3.47. The molecule has 0 spiro atoms. The van der Waals surface area contributed by atoms with E-state index in [9.17, 15) is 4.39 Å². The fourth-order valence-electron chi connectivity index (χ4n) is 1.52. The lowest BCUT2D eigenvalue weighted by atomic mass is 10.0. The minimum absolute atomic E-state index is 0.0693. The van der Waals surface area contributed by atoms with Gasteiger partial charge in [-0.2, -0.15) is 0 Å². The zero-order valence-electron chi connectivity index (χ0n) is 8.80. The number of rotatable bonds is 3. The normalized spacial score (nSPS) is 12.6. The highest BCUT2D eigenvalue weighted by Gasteiger charge is 2.13. The van der Waals surface area contributed by atoms with E-state index in [2.05, 4.69) is 0 Å². The maximum atomic E-state index is 13.4. The third-order valence-electron chi connectivity index (χ3n) is 2.13. The van der Waals surface area contributed by atoms with Crippen molar-refractivity contribution in [2.24, 2.45) is 5.73 Å². The molecule has 2 nitrogen and oxygen atoms in total. The van der Waals surface area contributed by atoms with E-state index in [-0.39, 0.29) is 11.9 Å². The van der Waals surface area contributed by atoms with Gasteiger partial charge in [-0.3, -0.25) is 0 Å². The molecule has 1 unspecified atom stereocenters. The van der Waals surface area contributed by atoms with Gasteiger partial charge in [-0.15, -0.1) is 0 Å². The average molecular weight is 197 g/mol. The molecular weight excluding hydrogens is 181 g/mol. The molecule has 0 radical (unpaired) electrons. The summed E-state index contributed by atoms with van der Waals surface area (Å²) < 4.78 is 18.6. The molecule has 78 valence electrons. The van der Waals surface area contributed by atoms with Crippen LogP contribution in [0.4, 0.5) is 4.39 Å². The summed E-state index contributed by atoms with van der Waals surface area (Å²) in [6.07, 6.45) is 0.497. The quantitative estimate of drug-likeness (QED) is 0.804. The van der Waals surface area contributed by atoms with E-state index < -0.39 is 0 Å². The topological polar surface area (TPSA) is 35.2 Å². The minimum Gasteiger partial charge on any atom is -0.496 e. The molecule has 0 aliphatic heterocycles. The fourth-order valence-corrected chi connectivity index (χ4v) is 1.52. The van der Waals surface area contributed by atoms with Crippen LogP contribution >= 0.6 is 0 Å². The van der Waals surface area contributed by atoms with E-state index in [0.29, 0.717) is 17.7 Å². The van der Waals surface area contributed by atoms with Gasteiger partial charge in [-0.25, -0.2) is 4.39 Å². The monoisotopic (exact) mass is 197 g/mol. The Morgan fingerprint density at radius 1 is 1.50 bits per heavy atom. The summed E-state index contributed by atoms with van der Waals surface area (Å²) in [4.78, 5) is 0. The highest BCUT2D eigenvalue weighted by Crippen LogP contribution is 2.26. The maximum absolute atomic E-state index is 13.4. The second-order valence-electron chi connectivity index (χ2n) is 3.56. The first-order chi connectivity index (χ1) is 6.56. The molecule has 0 heterocycles. The van der Waals surface area contributed by atoms with Crippen LogP contribution < -0.4 is 10.5 Å². The minimum atomic E-state index is -0.246. The Morgan fingerprint density at radius 3 is 2.64 bits per heavy atom. The van der Waals surface area contributed by atoms with E-state index in [4.69, 9.17) is 10.5 Å². The van der Waals surface area contributed by atoms with Crippen LogP contribution in [-0.2, 0) is 6.42 Å². The highest BCUT2D eigenvalue weighted by molar-refractivity contribution is 5.42. The van der Waals surface area contributed by atoms with Crippen molar-refractivity contribution >= 4 is 0 Å². The molecule has 0 aliphatic rings. The molecule has 0 amide bonds. The summed E-state index contributed by atoms with van der Waals surface area (Å²) in [5.41, 5.74) is 7.15. The number of aryl methyl sites for hydroxylation is 1. The Balaban J connectivity index is 3.16. The maximum Gasteiger partial charge on any atom is 0.130 e. The van der Waals surface area contributed by atoms with Crippen molar-refractivity contribution in [2.45, 2.75) is 26.3 Å². The summed E-state index contributed by atoms with van der Waals surface area (Å²) in [5.74, 6) is 0.368. The number of ether oxygens (including phenoxy) is 1. The van der Waals surface area contributed by atoms with Crippen molar-refractivity contribution in [2.75, 3.05) is 7.11 Å². The molecule has 0 saturated carbocycles. The van der Waals surface area contributed by atoms with Crippen LogP contribution in [0, 0.1) is 12.7 Å². The van der Waals surface area contributed by atoms with Gasteiger partial charge in [0, 0.05) is 11.6 Å². The number of halogens is 1. The Bertz CT molecular complexity index is 323. The number of benzene rings is 1. The van der Waals surface area contributed by atoms with E-state index in [1.54, 1.807) is 13.2 Å². The summed E-state index contributed by atoms with van der Waals surface area (Å²) in [5, 5.41) is 0. The smallest absolute Gasteiger partial charge is 0.130 e. The van der Waals surface area contributed by atoms with Gasteiger partial charge in [-0.05, 0) is 31.9 Å². The van der Waals surface area contributed by atoms with Crippen molar-refractivity contribution in [3.8, 4) is 5.75 Å². The first-order valence-electron chi connectivity index (χ1n) is 4.63. The van der Waals surface area contributed by atoms with Crippen LogP contribution in [0.25, 0.3) is 0 Å². The van der Waals surface area contributed by atoms with Crippen LogP contribution in [0.5, 0.6) is 5.75 Å². The van der Waals surface area contributed by atoms with Crippen LogP contribution in [0.3, 0.4) is 0 Å². The van der Waals surface area contributed by atoms with E-state index >= 15 is 0 Å². The van der Waals surface area contributed by atoms with Crippen LogP contribution in [0.2, 0.25) is 0 Å². The molecular formula is C11H16FNO. The van der Waals surface area contributed by atoms with Crippen molar-refractivity contribution in [3.63, 3.8) is 0 Å². The zero-order chi connectivity index (χ0) is 10.7. The Labute approximate surface area is 83.9 Å². The lowest BCUT2D eigenvalue weighted by molar-refractivity contribution is 0.399. The van der Waals surface area contributed by atoms with Gasteiger partial charge >= 0.3 is 0 Å². The number of methoxy groups -OCH3 is 1. The van der Waals surface area contributed by atoms with E-state index in [1.165, 1.54) is 6.07 Å². The zero-order valence-corrected chi connectivity index (χ0v) is 8.80. The van der Waals surface area contributed by atoms with Gasteiger partial charge < -0.3 is 10.5 Å². The van der Waals surface area contributed by atoms with Gasteiger partial charge in [0.25, 0.3) is 0 Å². The third kappa shape index (κ3) is 2.23. The molecule has 1 rings (SSSR count). The predicted octanol–water partition coefficient (Wildman–Crippen LogP) is 2.03. The molecule has 0 aliphatic carbocycles. The highest BCUT2D eigenvalue weighted by atomic mass is 19.1. The standard InChI is InChI=1S/C11H16FNO/c1-7-4-5-10(12)9(6-8(2)13)11(7)14-3/h4-5,8H,6,13H2,1-3H3. The summed E-state index contributed by atoms with van der Waals surface area (Å²) >= 11 is 0. The largest absolute Gasteiger partial charge is 0.496 e. The lowest BCUT2D eigenvalue weighted by Gasteiger charge is -2.13. The second kappa shape index (κ2) is 4.42. The number of hydrogen-bond acceptors (Lipinski definition) is 2. The molecule has 0 aromatic heterocycles. The number of hydrogen-bond donors (Lipinski definition) is 1. The fraction of sp³-hybridized carbons (Fsp3) is 0.455. The van der Waals surface area contributed by atoms with Crippen LogP contribution in [0.15, 0.2) is 12.1 Å². The van der Waals surface area contributed by atoms with Crippen molar-refractivity contribution in [1.29, 1.82) is 0 Å². The molecule has 1 aromatic carbocycles.